The first-order valence-electron chi connectivity index (χ1n) is 13.3. The van der Waals surface area contributed by atoms with Gasteiger partial charge in [0.05, 0.1) is 13.2 Å². The fourth-order valence-electron chi connectivity index (χ4n) is 5.13. The number of fused-ring (bicyclic) bond motifs is 1. The number of aromatic nitrogens is 4. The van der Waals surface area contributed by atoms with Gasteiger partial charge in [-0.15, -0.1) is 0 Å². The molecule has 0 radical (unpaired) electrons. The Bertz CT molecular complexity index is 1380. The molecule has 1 aliphatic heterocycles. The van der Waals surface area contributed by atoms with Gasteiger partial charge in [-0.1, -0.05) is 19.1 Å². The smallest absolute Gasteiger partial charge is 0.170 e. The van der Waals surface area contributed by atoms with Gasteiger partial charge in [0.1, 0.15) is 17.9 Å². The number of aliphatic hydroxyl groups is 1. The van der Waals surface area contributed by atoms with E-state index in [-0.39, 0.29) is 0 Å². The molecule has 38 heavy (non-hydrogen) atoms. The van der Waals surface area contributed by atoms with Crippen LogP contribution in [0.5, 0.6) is 5.75 Å². The van der Waals surface area contributed by atoms with Crippen molar-refractivity contribution in [1.29, 1.82) is 0 Å². The maximum absolute atomic E-state index is 10.8. The molecular weight excluding hydrogens is 478 g/mol. The molecule has 0 spiro atoms. The number of rotatable bonds is 9. The first-order valence-corrected chi connectivity index (χ1v) is 13.3. The van der Waals surface area contributed by atoms with Gasteiger partial charge < -0.3 is 20.1 Å². The molecule has 1 atom stereocenters. The molecule has 1 unspecified atom stereocenters. The van der Waals surface area contributed by atoms with Gasteiger partial charge in [0.2, 0.25) is 0 Å². The number of aliphatic hydroxyl groups excluding tert-OH is 1. The summed E-state index contributed by atoms with van der Waals surface area (Å²) in [7, 11) is 1.66. The molecule has 200 valence electrons. The average molecular weight is 516 g/mol. The van der Waals surface area contributed by atoms with E-state index in [2.05, 4.69) is 64.1 Å². The molecule has 2 aromatic carbocycles. The fraction of sp³-hybridized carbons (Fsp3) is 0.414. The lowest BCUT2D eigenvalue weighted by Gasteiger charge is -2.37. The van der Waals surface area contributed by atoms with E-state index in [1.54, 1.807) is 13.4 Å². The number of hydrogen-bond acceptors (Lipinski definition) is 8. The molecule has 9 nitrogen and oxygen atoms in total. The number of methoxy groups -OCH3 is 1. The Morgan fingerprint density at radius 1 is 1.03 bits per heavy atom. The zero-order chi connectivity index (χ0) is 26.6. The van der Waals surface area contributed by atoms with Crippen LogP contribution in [0.3, 0.4) is 0 Å². The fourth-order valence-corrected chi connectivity index (χ4v) is 5.13. The van der Waals surface area contributed by atoms with Gasteiger partial charge in [0.15, 0.2) is 17.0 Å². The van der Waals surface area contributed by atoms with Crippen LogP contribution < -0.4 is 15.0 Å². The predicted molar refractivity (Wildman–Crippen MR) is 152 cm³/mol. The van der Waals surface area contributed by atoms with E-state index in [0.717, 1.165) is 55.5 Å². The lowest BCUT2D eigenvalue weighted by atomic mass is 10.1. The monoisotopic (exact) mass is 515 g/mol. The summed E-state index contributed by atoms with van der Waals surface area (Å²) in [5.41, 5.74) is 6.40. The standard InChI is InChI=1S/C29H37N7O2/c1-5-26-33-27-28(31-19-32-29(27)36(26)22-9-11-24(38-4)12-10-22)30-17-23(37)18-34-13-15-35(16-14-34)25-8-6-7-20(2)21(25)3/h6-12,19,23,37H,5,13-18H2,1-4H3,(H,30,31,32). The second kappa shape index (κ2) is 11.4. The van der Waals surface area contributed by atoms with E-state index in [1.165, 1.54) is 16.8 Å². The summed E-state index contributed by atoms with van der Waals surface area (Å²) in [6, 6.07) is 14.4. The number of β-amino-alcohol motifs (C(OH)–C–C–N with tert-alkyl or cyclic N) is 1. The number of piperazine rings is 1. The van der Waals surface area contributed by atoms with Crippen LogP contribution in [-0.4, -0.2) is 82.0 Å². The summed E-state index contributed by atoms with van der Waals surface area (Å²) < 4.78 is 7.35. The summed E-state index contributed by atoms with van der Waals surface area (Å²) in [6.45, 7) is 11.2. The number of nitrogens with one attached hydrogen (secondary N) is 1. The Balaban J connectivity index is 1.22. The van der Waals surface area contributed by atoms with Crippen molar-refractivity contribution in [3.8, 4) is 11.4 Å². The molecule has 4 aromatic rings. The Morgan fingerprint density at radius 3 is 2.50 bits per heavy atom. The first kappa shape index (κ1) is 25.9. The maximum atomic E-state index is 10.8. The lowest BCUT2D eigenvalue weighted by molar-refractivity contribution is 0.118. The summed E-state index contributed by atoms with van der Waals surface area (Å²) in [6.07, 6.45) is 1.77. The summed E-state index contributed by atoms with van der Waals surface area (Å²) in [5, 5.41) is 14.2. The molecule has 0 amide bonds. The lowest BCUT2D eigenvalue weighted by Crippen LogP contribution is -2.49. The minimum absolute atomic E-state index is 0.389. The van der Waals surface area contributed by atoms with Crippen molar-refractivity contribution in [1.82, 2.24) is 24.4 Å². The van der Waals surface area contributed by atoms with Gasteiger partial charge in [-0.2, -0.15) is 0 Å². The normalized spacial score (nSPS) is 15.1. The highest BCUT2D eigenvalue weighted by molar-refractivity contribution is 5.84. The zero-order valence-electron chi connectivity index (χ0n) is 22.7. The average Bonchev–Trinajstić information content (AvgIpc) is 3.33. The quantitative estimate of drug-likeness (QED) is 0.349. The second-order valence-corrected chi connectivity index (χ2v) is 9.85. The molecule has 3 heterocycles. The number of nitrogens with zero attached hydrogens (tertiary/aromatic N) is 6. The van der Waals surface area contributed by atoms with E-state index in [0.29, 0.717) is 24.4 Å². The number of aryl methyl sites for hydroxylation is 2. The molecular formula is C29H37N7O2. The second-order valence-electron chi connectivity index (χ2n) is 9.85. The van der Waals surface area contributed by atoms with Crippen LogP contribution >= 0.6 is 0 Å². The van der Waals surface area contributed by atoms with Crippen LogP contribution in [-0.2, 0) is 6.42 Å². The van der Waals surface area contributed by atoms with E-state index in [9.17, 15) is 5.11 Å². The highest BCUT2D eigenvalue weighted by atomic mass is 16.5. The van der Waals surface area contributed by atoms with Gasteiger partial charge in [0.25, 0.3) is 0 Å². The Labute approximate surface area is 224 Å². The zero-order valence-corrected chi connectivity index (χ0v) is 22.7. The topological polar surface area (TPSA) is 91.6 Å². The molecule has 0 saturated carbocycles. The number of benzene rings is 2. The third-order valence-electron chi connectivity index (χ3n) is 7.42. The van der Waals surface area contributed by atoms with Crippen molar-refractivity contribution < 1.29 is 9.84 Å². The number of hydrogen-bond donors (Lipinski definition) is 2. The van der Waals surface area contributed by atoms with Crippen LogP contribution in [0.2, 0.25) is 0 Å². The van der Waals surface area contributed by atoms with Crippen LogP contribution in [0.15, 0.2) is 48.8 Å². The summed E-state index contributed by atoms with van der Waals surface area (Å²) >= 11 is 0. The molecule has 5 rings (SSSR count). The highest BCUT2D eigenvalue weighted by Gasteiger charge is 2.22. The van der Waals surface area contributed by atoms with E-state index < -0.39 is 6.10 Å². The van der Waals surface area contributed by atoms with Crippen molar-refractivity contribution in [2.24, 2.45) is 0 Å². The molecule has 1 fully saturated rings. The van der Waals surface area contributed by atoms with E-state index in [1.807, 2.05) is 28.8 Å². The van der Waals surface area contributed by atoms with E-state index in [4.69, 9.17) is 9.72 Å². The SMILES string of the molecule is CCc1nc2c(NCC(O)CN3CCN(c4cccc(C)c4C)CC3)ncnc2n1-c1ccc(OC)cc1. The van der Waals surface area contributed by atoms with E-state index >= 15 is 0 Å². The predicted octanol–water partition coefficient (Wildman–Crippen LogP) is 3.60. The van der Waals surface area contributed by atoms with Crippen LogP contribution in [0.4, 0.5) is 11.5 Å². The highest BCUT2D eigenvalue weighted by Crippen LogP contribution is 2.26. The summed E-state index contributed by atoms with van der Waals surface area (Å²) in [4.78, 5) is 18.6. The van der Waals surface area contributed by atoms with Gasteiger partial charge in [-0.3, -0.25) is 9.47 Å². The van der Waals surface area contributed by atoms with Gasteiger partial charge in [0, 0.05) is 57.1 Å². The number of anilines is 2. The largest absolute Gasteiger partial charge is 0.497 e. The Kier molecular flexibility index (Phi) is 7.76. The molecule has 1 aliphatic rings. The Morgan fingerprint density at radius 2 is 1.79 bits per heavy atom. The molecule has 0 bridgehead atoms. The minimum Gasteiger partial charge on any atom is -0.497 e. The number of imidazole rings is 1. The van der Waals surface area contributed by atoms with Crippen molar-refractivity contribution in [2.75, 3.05) is 56.6 Å². The van der Waals surface area contributed by atoms with Crippen molar-refractivity contribution >= 4 is 22.7 Å². The Hall–Kier alpha value is -3.69. The van der Waals surface area contributed by atoms with Crippen molar-refractivity contribution in [3.63, 3.8) is 0 Å². The molecule has 1 saturated heterocycles. The van der Waals surface area contributed by atoms with Crippen LogP contribution in [0, 0.1) is 13.8 Å². The van der Waals surface area contributed by atoms with Gasteiger partial charge in [-0.25, -0.2) is 15.0 Å². The molecule has 9 heteroatoms. The van der Waals surface area contributed by atoms with Crippen LogP contribution in [0.25, 0.3) is 16.9 Å². The molecule has 0 aliphatic carbocycles. The van der Waals surface area contributed by atoms with Crippen molar-refractivity contribution in [2.45, 2.75) is 33.3 Å². The molecule has 2 N–H and O–H groups in total. The molecule has 2 aromatic heterocycles. The number of ether oxygens (including phenoxy) is 1. The van der Waals surface area contributed by atoms with Gasteiger partial charge >= 0.3 is 0 Å². The summed E-state index contributed by atoms with van der Waals surface area (Å²) in [5.74, 6) is 2.33. The minimum atomic E-state index is -0.526. The maximum Gasteiger partial charge on any atom is 0.170 e. The van der Waals surface area contributed by atoms with Gasteiger partial charge in [-0.05, 0) is 55.3 Å². The van der Waals surface area contributed by atoms with Crippen molar-refractivity contribution in [3.05, 3.63) is 65.7 Å². The first-order chi connectivity index (χ1) is 18.5. The third-order valence-corrected chi connectivity index (χ3v) is 7.42. The van der Waals surface area contributed by atoms with Crippen LogP contribution in [0.1, 0.15) is 23.9 Å². The third kappa shape index (κ3) is 5.30.